The van der Waals surface area contributed by atoms with Gasteiger partial charge in [0.15, 0.2) is 11.5 Å². The van der Waals surface area contributed by atoms with Crippen LogP contribution in [0.15, 0.2) is 12.1 Å². The van der Waals surface area contributed by atoms with Crippen LogP contribution in [0.5, 0.6) is 17.2 Å². The van der Waals surface area contributed by atoms with E-state index in [0.717, 1.165) is 55.2 Å². The number of carbonyl (C=O) groups is 3. The van der Waals surface area contributed by atoms with Gasteiger partial charge in [0.05, 0.1) is 47.3 Å². The number of methoxy groups -OCH3 is 1. The van der Waals surface area contributed by atoms with Crippen LogP contribution in [0.2, 0.25) is 0 Å². The van der Waals surface area contributed by atoms with Crippen LogP contribution in [-0.2, 0) is 14.4 Å². The molecule has 3 heterocycles. The van der Waals surface area contributed by atoms with Gasteiger partial charge in [-0.25, -0.2) is 0 Å². The monoisotopic (exact) mass is 617 g/mol. The van der Waals surface area contributed by atoms with Crippen molar-refractivity contribution in [3.8, 4) is 17.2 Å². The van der Waals surface area contributed by atoms with Crippen LogP contribution in [0.3, 0.4) is 0 Å². The van der Waals surface area contributed by atoms with Gasteiger partial charge in [-0.3, -0.25) is 19.3 Å². The second-order valence-electron chi connectivity index (χ2n) is 13.5. The van der Waals surface area contributed by atoms with Gasteiger partial charge in [-0.15, -0.1) is 0 Å². The number of likely N-dealkylation sites (tertiary alicyclic amines) is 2. The predicted octanol–water partition coefficient (Wildman–Crippen LogP) is 3.41. The molecule has 44 heavy (non-hydrogen) atoms. The fourth-order valence-electron chi connectivity index (χ4n) is 6.86. The fourth-order valence-corrected chi connectivity index (χ4v) is 6.86. The van der Waals surface area contributed by atoms with E-state index >= 15 is 0 Å². The predicted molar refractivity (Wildman–Crippen MR) is 167 cm³/mol. The number of carboxylic acids is 1. The van der Waals surface area contributed by atoms with E-state index in [1.54, 1.807) is 7.11 Å². The number of rotatable bonds is 17. The summed E-state index contributed by atoms with van der Waals surface area (Å²) in [4.78, 5) is 45.0. The Bertz CT molecular complexity index is 1150. The molecule has 2 fully saturated rings. The molecular weight excluding hydrogens is 564 g/mol. The number of carbonyl (C=O) groups excluding carboxylic acids is 2. The first-order chi connectivity index (χ1) is 21.0. The zero-order valence-corrected chi connectivity index (χ0v) is 27.4. The molecule has 0 aromatic heterocycles. The minimum Gasteiger partial charge on any atom is -0.493 e. The molecule has 0 aliphatic carbocycles. The molecule has 246 valence electrons. The van der Waals surface area contributed by atoms with Crippen LogP contribution in [0.25, 0.3) is 0 Å². The number of ether oxygens (including phenoxy) is 3. The average molecular weight is 618 g/mol. The second-order valence-corrected chi connectivity index (χ2v) is 13.5. The second kappa shape index (κ2) is 15.3. The highest BCUT2D eigenvalue weighted by Crippen LogP contribution is 2.47. The van der Waals surface area contributed by atoms with Crippen LogP contribution in [-0.4, -0.2) is 129 Å². The summed E-state index contributed by atoms with van der Waals surface area (Å²) in [6.45, 7) is 6.65. The average Bonchev–Trinajstić information content (AvgIpc) is 3.70. The van der Waals surface area contributed by atoms with E-state index in [0.29, 0.717) is 62.7 Å². The lowest BCUT2D eigenvalue weighted by molar-refractivity contribution is -0.870. The van der Waals surface area contributed by atoms with Crippen molar-refractivity contribution in [2.75, 3.05) is 80.9 Å². The normalized spacial score (nSPS) is 21.7. The minimum absolute atomic E-state index is 0.0523. The zero-order valence-electron chi connectivity index (χ0n) is 27.4. The first kappa shape index (κ1) is 33.8. The molecule has 2 amide bonds. The van der Waals surface area contributed by atoms with Crippen LogP contribution in [0, 0.1) is 5.92 Å². The number of aliphatic carboxylic acids is 1. The number of nitrogens with zero attached hydrogens (tertiary/aromatic N) is 4. The maximum atomic E-state index is 13.9. The Kier molecular flexibility index (Phi) is 11.8. The van der Waals surface area contributed by atoms with Crippen LogP contribution in [0.4, 0.5) is 0 Å². The van der Waals surface area contributed by atoms with E-state index in [4.69, 9.17) is 14.2 Å². The van der Waals surface area contributed by atoms with Crippen molar-refractivity contribution < 1.29 is 38.2 Å². The first-order valence-corrected chi connectivity index (χ1v) is 16.3. The van der Waals surface area contributed by atoms with E-state index < -0.39 is 11.9 Å². The van der Waals surface area contributed by atoms with Gasteiger partial charge in [0.2, 0.25) is 24.4 Å². The van der Waals surface area contributed by atoms with E-state index in [1.165, 1.54) is 0 Å². The third-order valence-corrected chi connectivity index (χ3v) is 9.22. The smallest absolute Gasteiger partial charge is 0.308 e. The summed E-state index contributed by atoms with van der Waals surface area (Å²) < 4.78 is 17.7. The summed E-state index contributed by atoms with van der Waals surface area (Å²) in [6, 6.07) is 3.36. The van der Waals surface area contributed by atoms with E-state index in [2.05, 4.69) is 33.0 Å². The van der Waals surface area contributed by atoms with E-state index in [1.807, 2.05) is 21.9 Å². The largest absolute Gasteiger partial charge is 0.493 e. The molecule has 1 unspecified atom stereocenters. The molecule has 4 rings (SSSR count). The number of unbranched alkanes of at least 4 members (excludes halogenated alkanes) is 2. The summed E-state index contributed by atoms with van der Waals surface area (Å²) in [5, 5.41) is 10.6. The molecule has 0 saturated carbocycles. The van der Waals surface area contributed by atoms with Crippen molar-refractivity contribution in [1.82, 2.24) is 14.7 Å². The highest BCUT2D eigenvalue weighted by molar-refractivity contribution is 5.79. The van der Waals surface area contributed by atoms with Gasteiger partial charge >= 0.3 is 5.97 Å². The van der Waals surface area contributed by atoms with Crippen molar-refractivity contribution in [3.63, 3.8) is 0 Å². The molecule has 11 heteroatoms. The molecule has 0 bridgehead atoms. The summed E-state index contributed by atoms with van der Waals surface area (Å²) in [5.41, 5.74) is 0.802. The fraction of sp³-hybridized carbons (Fsp3) is 0.727. The lowest BCUT2D eigenvalue weighted by atomic mass is 9.83. The van der Waals surface area contributed by atoms with Crippen LogP contribution >= 0.6 is 0 Å². The van der Waals surface area contributed by atoms with E-state index in [-0.39, 0.29) is 37.1 Å². The molecule has 0 radical (unpaired) electrons. The molecule has 3 atom stereocenters. The van der Waals surface area contributed by atoms with Crippen molar-refractivity contribution in [2.24, 2.45) is 5.92 Å². The third kappa shape index (κ3) is 8.56. The topological polar surface area (TPSA) is 109 Å². The Morgan fingerprint density at radius 2 is 1.89 bits per heavy atom. The Balaban J connectivity index is 1.55. The zero-order chi connectivity index (χ0) is 31.9. The van der Waals surface area contributed by atoms with Gasteiger partial charge in [-0.2, -0.15) is 0 Å². The number of hydrogen-bond donors (Lipinski definition) is 1. The number of fused-ring (bicyclic) bond motifs is 1. The summed E-state index contributed by atoms with van der Waals surface area (Å²) in [7, 11) is 8.09. The number of benzene rings is 1. The number of hydrogen-bond acceptors (Lipinski definition) is 7. The Labute approximate surface area is 262 Å². The highest BCUT2D eigenvalue weighted by Gasteiger charge is 2.47. The number of carboxylic acid groups (broad SMARTS) is 1. The molecular formula is C33H53N4O7+. The third-order valence-electron chi connectivity index (χ3n) is 9.22. The highest BCUT2D eigenvalue weighted by atomic mass is 16.7. The van der Waals surface area contributed by atoms with Crippen LogP contribution in [0.1, 0.15) is 69.8 Å². The number of amides is 2. The molecule has 11 nitrogen and oxygen atoms in total. The maximum absolute atomic E-state index is 13.9. The Hall–Kier alpha value is -3.05. The standard InChI is InChI=1S/C33H52N4O7/c1-6-7-14-35(15-8-9-18-37(2,3)4)30(39)22-36-21-25(24-19-27(42-5)32-28(20-24)43-23-44-32)31(33(40)41)26(36)12-10-16-34-17-11-13-29(34)38/h19-20,25-26,31H,6-18,21-23H2,1-5H3/p+1/t25-,26+,31?/m1/s1. The summed E-state index contributed by atoms with van der Waals surface area (Å²) >= 11 is 0. The molecule has 3 aliphatic heterocycles. The molecule has 2 saturated heterocycles. The van der Waals surface area contributed by atoms with Gasteiger partial charge in [0.25, 0.3) is 0 Å². The van der Waals surface area contributed by atoms with Crippen molar-refractivity contribution in [1.29, 1.82) is 0 Å². The lowest BCUT2D eigenvalue weighted by Gasteiger charge is -2.30. The quantitative estimate of drug-likeness (QED) is 0.209. The van der Waals surface area contributed by atoms with Gasteiger partial charge in [0.1, 0.15) is 0 Å². The van der Waals surface area contributed by atoms with Gasteiger partial charge < -0.3 is 33.6 Å². The first-order valence-electron chi connectivity index (χ1n) is 16.3. The van der Waals surface area contributed by atoms with Crippen molar-refractivity contribution >= 4 is 17.8 Å². The van der Waals surface area contributed by atoms with Gasteiger partial charge in [-0.05, 0) is 56.2 Å². The van der Waals surface area contributed by atoms with Gasteiger partial charge in [0, 0.05) is 51.1 Å². The Morgan fingerprint density at radius 1 is 1.11 bits per heavy atom. The summed E-state index contributed by atoms with van der Waals surface area (Å²) in [6.07, 6.45) is 6.64. The van der Waals surface area contributed by atoms with Gasteiger partial charge in [-0.1, -0.05) is 13.3 Å². The molecule has 0 spiro atoms. The molecule has 1 aromatic carbocycles. The molecule has 1 N–H and O–H groups in total. The van der Waals surface area contributed by atoms with E-state index in [9.17, 15) is 19.5 Å². The van der Waals surface area contributed by atoms with Crippen molar-refractivity contribution in [2.45, 2.75) is 70.3 Å². The Morgan fingerprint density at radius 3 is 2.55 bits per heavy atom. The molecule has 1 aromatic rings. The van der Waals surface area contributed by atoms with Crippen molar-refractivity contribution in [3.05, 3.63) is 17.7 Å². The SMILES string of the molecule is CCCCN(CCCC[N+](C)(C)C)C(=O)CN1C[C@H](c2cc(OC)c3c(c2)OCO3)C(C(=O)O)[C@@H]1CCCN1CCCC1=O. The lowest BCUT2D eigenvalue weighted by Crippen LogP contribution is -2.45. The maximum Gasteiger partial charge on any atom is 0.308 e. The minimum atomic E-state index is -0.882. The summed E-state index contributed by atoms with van der Waals surface area (Å²) in [5.74, 6) is -0.175. The van der Waals surface area contributed by atoms with Crippen LogP contribution < -0.4 is 14.2 Å². The molecule has 3 aliphatic rings. The number of quaternary nitrogens is 1.